The minimum atomic E-state index is 0.191. The van der Waals surface area contributed by atoms with Crippen LogP contribution in [0.2, 0.25) is 0 Å². The summed E-state index contributed by atoms with van der Waals surface area (Å²) in [5.74, 6) is 0.888. The smallest absolute Gasteiger partial charge is 0.0500 e. The number of hydrogen-bond acceptors (Lipinski definition) is 2. The fraction of sp³-hybridized carbons (Fsp3) is 0.625. The standard InChI is InChI=1S/C16H26O2/c1-13(2)7-9-18-10-8-16(12-17)15-6-4-5-14(3)11-15/h4-6,11,13,16-17H,7-10,12H2,1-3H3. The molecule has 1 aromatic rings. The van der Waals surface area contributed by atoms with Gasteiger partial charge in [0.15, 0.2) is 0 Å². The Bertz CT molecular complexity index is 334. The number of aryl methyl sites for hydroxylation is 1. The summed E-state index contributed by atoms with van der Waals surface area (Å²) in [5, 5.41) is 9.46. The first-order chi connectivity index (χ1) is 8.63. The normalized spacial score (nSPS) is 12.9. The third-order valence-electron chi connectivity index (χ3n) is 3.18. The van der Waals surface area contributed by atoms with Crippen molar-refractivity contribution in [3.63, 3.8) is 0 Å². The van der Waals surface area contributed by atoms with Crippen LogP contribution in [0.1, 0.15) is 43.7 Å². The summed E-state index contributed by atoms with van der Waals surface area (Å²) in [6.45, 7) is 8.23. The molecule has 1 N–H and O–H groups in total. The molecule has 1 rings (SSSR count). The fourth-order valence-electron chi connectivity index (χ4n) is 1.93. The van der Waals surface area contributed by atoms with E-state index in [0.717, 1.165) is 26.1 Å². The monoisotopic (exact) mass is 250 g/mol. The van der Waals surface area contributed by atoms with Gasteiger partial charge in [0, 0.05) is 19.1 Å². The average Bonchev–Trinajstić information content (AvgIpc) is 2.33. The van der Waals surface area contributed by atoms with Crippen molar-refractivity contribution >= 4 is 0 Å². The molecule has 0 amide bonds. The molecule has 0 saturated carbocycles. The van der Waals surface area contributed by atoms with E-state index in [1.54, 1.807) is 0 Å². The first-order valence-corrected chi connectivity index (χ1v) is 6.88. The summed E-state index contributed by atoms with van der Waals surface area (Å²) in [7, 11) is 0. The highest BCUT2D eigenvalue weighted by molar-refractivity contribution is 5.25. The van der Waals surface area contributed by atoms with Crippen molar-refractivity contribution in [3.8, 4) is 0 Å². The second-order valence-electron chi connectivity index (χ2n) is 5.38. The van der Waals surface area contributed by atoms with E-state index in [2.05, 4.69) is 39.0 Å². The van der Waals surface area contributed by atoms with Crippen LogP contribution in [0.4, 0.5) is 0 Å². The lowest BCUT2D eigenvalue weighted by Crippen LogP contribution is -2.09. The number of ether oxygens (including phenoxy) is 1. The third kappa shape index (κ3) is 5.65. The van der Waals surface area contributed by atoms with Crippen LogP contribution in [0.25, 0.3) is 0 Å². The summed E-state index contributed by atoms with van der Waals surface area (Å²) in [6, 6.07) is 8.36. The molecule has 1 aromatic carbocycles. The highest BCUT2D eigenvalue weighted by Gasteiger charge is 2.10. The predicted molar refractivity (Wildman–Crippen MR) is 75.9 cm³/mol. The fourth-order valence-corrected chi connectivity index (χ4v) is 1.93. The molecule has 0 aliphatic rings. The second kappa shape index (κ2) is 8.28. The van der Waals surface area contributed by atoms with E-state index in [-0.39, 0.29) is 12.5 Å². The highest BCUT2D eigenvalue weighted by atomic mass is 16.5. The molecular weight excluding hydrogens is 224 g/mol. The van der Waals surface area contributed by atoms with Crippen LogP contribution < -0.4 is 0 Å². The molecule has 18 heavy (non-hydrogen) atoms. The van der Waals surface area contributed by atoms with Crippen LogP contribution in [0.3, 0.4) is 0 Å². The van der Waals surface area contributed by atoms with E-state index < -0.39 is 0 Å². The molecule has 1 atom stereocenters. The van der Waals surface area contributed by atoms with Crippen LogP contribution in [0.5, 0.6) is 0 Å². The van der Waals surface area contributed by atoms with E-state index in [9.17, 15) is 5.11 Å². The van der Waals surface area contributed by atoms with Crippen molar-refractivity contribution in [3.05, 3.63) is 35.4 Å². The van der Waals surface area contributed by atoms with Gasteiger partial charge in [-0.25, -0.2) is 0 Å². The van der Waals surface area contributed by atoms with Crippen molar-refractivity contribution in [1.29, 1.82) is 0 Å². The van der Waals surface area contributed by atoms with Gasteiger partial charge in [-0.15, -0.1) is 0 Å². The maximum absolute atomic E-state index is 9.46. The van der Waals surface area contributed by atoms with Gasteiger partial charge < -0.3 is 9.84 Å². The number of benzene rings is 1. The molecule has 2 heteroatoms. The van der Waals surface area contributed by atoms with Crippen molar-refractivity contribution in [2.24, 2.45) is 5.92 Å². The van der Waals surface area contributed by atoms with Gasteiger partial charge in [-0.05, 0) is 31.2 Å². The van der Waals surface area contributed by atoms with Crippen molar-refractivity contribution < 1.29 is 9.84 Å². The second-order valence-corrected chi connectivity index (χ2v) is 5.38. The Hall–Kier alpha value is -0.860. The van der Waals surface area contributed by atoms with Gasteiger partial charge >= 0.3 is 0 Å². The SMILES string of the molecule is Cc1cccc(C(CO)CCOCCC(C)C)c1. The molecule has 1 unspecified atom stereocenters. The molecule has 0 aromatic heterocycles. The predicted octanol–water partition coefficient (Wildman–Crippen LogP) is 3.52. The number of aliphatic hydroxyl groups is 1. The molecule has 0 aliphatic heterocycles. The van der Waals surface area contributed by atoms with E-state index in [0.29, 0.717) is 5.92 Å². The summed E-state index contributed by atoms with van der Waals surface area (Å²) in [5.41, 5.74) is 2.46. The molecule has 0 radical (unpaired) electrons. The Kier molecular flexibility index (Phi) is 6.99. The van der Waals surface area contributed by atoms with E-state index in [1.807, 2.05) is 6.07 Å². The van der Waals surface area contributed by atoms with E-state index in [4.69, 9.17) is 4.74 Å². The van der Waals surface area contributed by atoms with Crippen LogP contribution in [0, 0.1) is 12.8 Å². The quantitative estimate of drug-likeness (QED) is 0.715. The minimum absolute atomic E-state index is 0.191. The Labute approximate surface area is 111 Å². The van der Waals surface area contributed by atoms with Gasteiger partial charge in [0.1, 0.15) is 0 Å². The topological polar surface area (TPSA) is 29.5 Å². The zero-order valence-corrected chi connectivity index (χ0v) is 11.9. The summed E-state index contributed by atoms with van der Waals surface area (Å²) in [4.78, 5) is 0. The first kappa shape index (κ1) is 15.2. The van der Waals surface area contributed by atoms with Gasteiger partial charge in [0.05, 0.1) is 6.61 Å². The van der Waals surface area contributed by atoms with Crippen molar-refractivity contribution in [2.45, 2.75) is 39.5 Å². The Morgan fingerprint density at radius 1 is 1.17 bits per heavy atom. The van der Waals surface area contributed by atoms with Crippen molar-refractivity contribution in [1.82, 2.24) is 0 Å². The lowest BCUT2D eigenvalue weighted by Gasteiger charge is -2.15. The maximum Gasteiger partial charge on any atom is 0.0500 e. The van der Waals surface area contributed by atoms with Gasteiger partial charge in [-0.3, -0.25) is 0 Å². The number of rotatable bonds is 8. The van der Waals surface area contributed by atoms with Crippen LogP contribution in [-0.2, 0) is 4.74 Å². The molecule has 102 valence electrons. The van der Waals surface area contributed by atoms with E-state index >= 15 is 0 Å². The minimum Gasteiger partial charge on any atom is -0.396 e. The van der Waals surface area contributed by atoms with Gasteiger partial charge in [-0.2, -0.15) is 0 Å². The van der Waals surface area contributed by atoms with Gasteiger partial charge in [0.25, 0.3) is 0 Å². The molecular formula is C16H26O2. The lowest BCUT2D eigenvalue weighted by atomic mass is 9.95. The van der Waals surface area contributed by atoms with Crippen LogP contribution in [0.15, 0.2) is 24.3 Å². The molecule has 0 bridgehead atoms. The largest absolute Gasteiger partial charge is 0.396 e. The maximum atomic E-state index is 9.46. The highest BCUT2D eigenvalue weighted by Crippen LogP contribution is 2.20. The van der Waals surface area contributed by atoms with Crippen LogP contribution in [-0.4, -0.2) is 24.9 Å². The average molecular weight is 250 g/mol. The summed E-state index contributed by atoms with van der Waals surface area (Å²) >= 11 is 0. The Morgan fingerprint density at radius 2 is 1.89 bits per heavy atom. The zero-order chi connectivity index (χ0) is 13.4. The molecule has 0 aliphatic carbocycles. The number of aliphatic hydroxyl groups excluding tert-OH is 1. The Morgan fingerprint density at radius 3 is 2.50 bits per heavy atom. The van der Waals surface area contributed by atoms with Crippen molar-refractivity contribution in [2.75, 3.05) is 19.8 Å². The zero-order valence-electron chi connectivity index (χ0n) is 11.9. The number of hydrogen-bond donors (Lipinski definition) is 1. The first-order valence-electron chi connectivity index (χ1n) is 6.88. The molecule has 0 spiro atoms. The molecule has 2 nitrogen and oxygen atoms in total. The van der Waals surface area contributed by atoms with Gasteiger partial charge in [-0.1, -0.05) is 43.7 Å². The summed E-state index contributed by atoms with van der Waals surface area (Å²) in [6.07, 6.45) is 1.99. The lowest BCUT2D eigenvalue weighted by molar-refractivity contribution is 0.110. The Balaban J connectivity index is 2.34. The molecule has 0 saturated heterocycles. The van der Waals surface area contributed by atoms with Crippen LogP contribution >= 0.6 is 0 Å². The molecule has 0 heterocycles. The van der Waals surface area contributed by atoms with E-state index in [1.165, 1.54) is 11.1 Å². The summed E-state index contributed by atoms with van der Waals surface area (Å²) < 4.78 is 5.62. The molecule has 0 fully saturated rings. The van der Waals surface area contributed by atoms with Gasteiger partial charge in [0.2, 0.25) is 0 Å². The third-order valence-corrected chi connectivity index (χ3v) is 3.18.